The van der Waals surface area contributed by atoms with Gasteiger partial charge in [0.2, 0.25) is 0 Å². The number of nitrogens with zero attached hydrogens (tertiary/aromatic N) is 2. The number of nitrogens with two attached hydrogens (primary N) is 1. The molecule has 0 aliphatic heterocycles. The van der Waals surface area contributed by atoms with Crippen LogP contribution in [0.1, 0.15) is 11.7 Å². The lowest BCUT2D eigenvalue weighted by atomic mass is 10.1. The van der Waals surface area contributed by atoms with Crippen molar-refractivity contribution >= 4 is 20.9 Å². The molecule has 6 nitrogen and oxygen atoms in total. The van der Waals surface area contributed by atoms with Gasteiger partial charge in [0.25, 0.3) is 10.0 Å². The molecule has 1 atom stereocenters. The van der Waals surface area contributed by atoms with E-state index in [-0.39, 0.29) is 4.90 Å². The Balaban J connectivity index is 2.12. The summed E-state index contributed by atoms with van der Waals surface area (Å²) in [7, 11) is -3.85. The quantitative estimate of drug-likeness (QED) is 0.760. The Morgan fingerprint density at radius 3 is 2.74 bits per heavy atom. The first-order valence-electron chi connectivity index (χ1n) is 6.89. The van der Waals surface area contributed by atoms with Crippen LogP contribution in [0.25, 0.3) is 10.9 Å². The van der Waals surface area contributed by atoms with Crippen LogP contribution < -0.4 is 5.73 Å². The van der Waals surface area contributed by atoms with E-state index in [4.69, 9.17) is 5.73 Å². The van der Waals surface area contributed by atoms with Gasteiger partial charge in [0.1, 0.15) is 0 Å². The fraction of sp³-hybridized carbons (Fsp3) is 0.0625. The highest BCUT2D eigenvalue weighted by Gasteiger charge is 2.21. The second-order valence-corrected chi connectivity index (χ2v) is 6.72. The Labute approximate surface area is 133 Å². The standard InChI is InChI=1S/C16H15N3O3S/c17-9-8-16(20)12-5-3-6-14(10-12)23(21,22)19-15-7-2-1-4-13(15)11-18-19/h1-11,16,20H,17H2/b9-8+. The van der Waals surface area contributed by atoms with E-state index in [2.05, 4.69) is 5.10 Å². The van der Waals surface area contributed by atoms with Crippen molar-refractivity contribution in [2.24, 2.45) is 5.73 Å². The number of aromatic nitrogens is 2. The maximum atomic E-state index is 12.8. The lowest BCUT2D eigenvalue weighted by Crippen LogP contribution is -2.14. The van der Waals surface area contributed by atoms with E-state index >= 15 is 0 Å². The molecule has 7 heteroatoms. The Morgan fingerprint density at radius 1 is 1.17 bits per heavy atom. The summed E-state index contributed by atoms with van der Waals surface area (Å²) in [5.74, 6) is 0. The van der Waals surface area contributed by atoms with E-state index in [1.807, 2.05) is 6.07 Å². The average Bonchev–Trinajstić information content (AvgIpc) is 3.00. The van der Waals surface area contributed by atoms with Crippen molar-refractivity contribution in [3.63, 3.8) is 0 Å². The highest BCUT2D eigenvalue weighted by atomic mass is 32.2. The van der Waals surface area contributed by atoms with Crippen LogP contribution in [0.2, 0.25) is 0 Å². The van der Waals surface area contributed by atoms with Crippen molar-refractivity contribution in [3.05, 3.63) is 72.6 Å². The summed E-state index contributed by atoms with van der Waals surface area (Å²) in [5.41, 5.74) is 6.19. The van der Waals surface area contributed by atoms with Crippen LogP contribution in [-0.4, -0.2) is 22.7 Å². The molecule has 0 aliphatic carbocycles. The number of para-hydroxylation sites is 1. The molecule has 1 heterocycles. The fourth-order valence-corrected chi connectivity index (χ4v) is 3.65. The van der Waals surface area contributed by atoms with Gasteiger partial charge in [0.15, 0.2) is 0 Å². The summed E-state index contributed by atoms with van der Waals surface area (Å²) < 4.78 is 26.6. The molecule has 0 saturated carbocycles. The number of hydrogen-bond acceptors (Lipinski definition) is 5. The molecule has 3 rings (SSSR count). The lowest BCUT2D eigenvalue weighted by molar-refractivity contribution is 0.228. The maximum absolute atomic E-state index is 12.8. The molecule has 0 bridgehead atoms. The monoisotopic (exact) mass is 329 g/mol. The molecule has 3 N–H and O–H groups in total. The summed E-state index contributed by atoms with van der Waals surface area (Å²) in [6, 6.07) is 13.1. The first-order valence-corrected chi connectivity index (χ1v) is 8.33. The highest BCUT2D eigenvalue weighted by molar-refractivity contribution is 7.90. The minimum atomic E-state index is -3.85. The van der Waals surface area contributed by atoms with E-state index in [0.29, 0.717) is 11.1 Å². The molecule has 0 amide bonds. The first-order chi connectivity index (χ1) is 11.0. The Hall–Kier alpha value is -2.64. The van der Waals surface area contributed by atoms with Crippen LogP contribution in [0, 0.1) is 0 Å². The number of hydrogen-bond donors (Lipinski definition) is 2. The number of benzene rings is 2. The second-order valence-electron chi connectivity index (χ2n) is 4.95. The molecule has 3 aromatic rings. The van der Waals surface area contributed by atoms with E-state index < -0.39 is 16.1 Å². The van der Waals surface area contributed by atoms with Gasteiger partial charge in [-0.15, -0.1) is 0 Å². The van der Waals surface area contributed by atoms with Crippen molar-refractivity contribution < 1.29 is 13.5 Å². The third kappa shape index (κ3) is 2.71. The first kappa shape index (κ1) is 15.3. The van der Waals surface area contributed by atoms with E-state index in [1.165, 1.54) is 30.6 Å². The van der Waals surface area contributed by atoms with E-state index in [0.717, 1.165) is 9.47 Å². The molecule has 1 aromatic heterocycles. The minimum absolute atomic E-state index is 0.0494. The smallest absolute Gasteiger partial charge is 0.283 e. The van der Waals surface area contributed by atoms with Crippen LogP contribution in [0.15, 0.2) is 71.9 Å². The zero-order valence-corrected chi connectivity index (χ0v) is 12.9. The Morgan fingerprint density at radius 2 is 1.96 bits per heavy atom. The normalized spacial score (nSPS) is 13.6. The number of aliphatic hydroxyl groups is 1. The van der Waals surface area contributed by atoms with Gasteiger partial charge in [-0.3, -0.25) is 0 Å². The molecule has 0 aliphatic rings. The van der Waals surface area contributed by atoms with Crippen molar-refractivity contribution in [3.8, 4) is 0 Å². The molecule has 2 aromatic carbocycles. The van der Waals surface area contributed by atoms with Gasteiger partial charge in [-0.2, -0.15) is 17.6 Å². The Kier molecular flexibility index (Phi) is 3.89. The summed E-state index contributed by atoms with van der Waals surface area (Å²) >= 11 is 0. The second kappa shape index (κ2) is 5.86. The van der Waals surface area contributed by atoms with Gasteiger partial charge < -0.3 is 10.8 Å². The lowest BCUT2D eigenvalue weighted by Gasteiger charge is -2.10. The van der Waals surface area contributed by atoms with Crippen molar-refractivity contribution in [2.45, 2.75) is 11.0 Å². The van der Waals surface area contributed by atoms with Crippen molar-refractivity contribution in [1.29, 1.82) is 0 Å². The highest BCUT2D eigenvalue weighted by Crippen LogP contribution is 2.23. The van der Waals surface area contributed by atoms with Gasteiger partial charge in [-0.1, -0.05) is 30.3 Å². The van der Waals surface area contributed by atoms with Crippen molar-refractivity contribution in [2.75, 3.05) is 0 Å². The predicted octanol–water partition coefficient (Wildman–Crippen LogP) is 1.78. The van der Waals surface area contributed by atoms with Gasteiger partial charge in [0, 0.05) is 5.39 Å². The fourth-order valence-electron chi connectivity index (χ4n) is 2.31. The maximum Gasteiger partial charge on any atom is 0.283 e. The third-order valence-electron chi connectivity index (χ3n) is 3.46. The number of fused-ring (bicyclic) bond motifs is 1. The molecule has 1 unspecified atom stereocenters. The van der Waals surface area contributed by atoms with Crippen LogP contribution in [-0.2, 0) is 10.0 Å². The van der Waals surface area contributed by atoms with Gasteiger partial charge >= 0.3 is 0 Å². The Bertz CT molecular complexity index is 977. The summed E-state index contributed by atoms with van der Waals surface area (Å²) in [6.45, 7) is 0. The third-order valence-corrected chi connectivity index (χ3v) is 5.06. The molecule has 23 heavy (non-hydrogen) atoms. The van der Waals surface area contributed by atoms with Crippen molar-refractivity contribution in [1.82, 2.24) is 9.19 Å². The molecule has 0 radical (unpaired) electrons. The van der Waals surface area contributed by atoms with Gasteiger partial charge in [-0.05, 0) is 36.0 Å². The number of aliphatic hydroxyl groups excluding tert-OH is 1. The van der Waals surface area contributed by atoms with E-state index in [1.54, 1.807) is 30.3 Å². The molecule has 0 spiro atoms. The molecular weight excluding hydrogens is 314 g/mol. The molecule has 118 valence electrons. The summed E-state index contributed by atoms with van der Waals surface area (Å²) in [6.07, 6.45) is 3.12. The SMILES string of the molecule is N/C=C/C(O)c1cccc(S(=O)(=O)n2ncc3ccccc32)c1. The van der Waals surface area contributed by atoms with E-state index in [9.17, 15) is 13.5 Å². The summed E-state index contributed by atoms with van der Waals surface area (Å²) in [4.78, 5) is 0.0494. The van der Waals surface area contributed by atoms with Gasteiger partial charge in [-0.25, -0.2) is 0 Å². The van der Waals surface area contributed by atoms with Crippen LogP contribution in [0.4, 0.5) is 0 Å². The largest absolute Gasteiger partial charge is 0.405 e. The molecular formula is C16H15N3O3S. The molecule has 0 fully saturated rings. The zero-order chi connectivity index (χ0) is 16.4. The van der Waals surface area contributed by atoms with Crippen LogP contribution >= 0.6 is 0 Å². The number of rotatable bonds is 4. The summed E-state index contributed by atoms with van der Waals surface area (Å²) in [5, 5.41) is 14.6. The predicted molar refractivity (Wildman–Crippen MR) is 87.0 cm³/mol. The van der Waals surface area contributed by atoms with Crippen LogP contribution in [0.5, 0.6) is 0 Å². The average molecular weight is 329 g/mol. The zero-order valence-electron chi connectivity index (χ0n) is 12.1. The molecule has 0 saturated heterocycles. The topological polar surface area (TPSA) is 98.2 Å². The minimum Gasteiger partial charge on any atom is -0.405 e. The van der Waals surface area contributed by atoms with Crippen LogP contribution in [0.3, 0.4) is 0 Å². The van der Waals surface area contributed by atoms with Gasteiger partial charge in [0.05, 0.1) is 22.7 Å².